The predicted octanol–water partition coefficient (Wildman–Crippen LogP) is -0.103. The lowest BCUT2D eigenvalue weighted by Crippen LogP contribution is -2.36. The van der Waals surface area contributed by atoms with Crippen molar-refractivity contribution in [3.05, 3.63) is 0 Å². The van der Waals surface area contributed by atoms with Gasteiger partial charge in [-0.25, -0.2) is 4.79 Å². The summed E-state index contributed by atoms with van der Waals surface area (Å²) < 4.78 is 5.10. The van der Waals surface area contributed by atoms with Crippen molar-refractivity contribution in [2.45, 2.75) is 43.9 Å². The largest absolute Gasteiger partial charge is 0.479 e. The monoisotopic (exact) mass is 199 g/mol. The Balaban J connectivity index is 1.81. The van der Waals surface area contributed by atoms with Crippen LogP contribution in [0.5, 0.6) is 0 Å². The van der Waals surface area contributed by atoms with Gasteiger partial charge in [-0.2, -0.15) is 0 Å². The Morgan fingerprint density at radius 3 is 2.29 bits per heavy atom. The predicted molar refractivity (Wildman–Crippen MR) is 46.7 cm³/mol. The molecule has 1 heterocycles. The molecule has 2 unspecified atom stereocenters. The van der Waals surface area contributed by atoms with Gasteiger partial charge in [0.25, 0.3) is 0 Å². The zero-order valence-electron chi connectivity index (χ0n) is 7.73. The Morgan fingerprint density at radius 2 is 1.79 bits per heavy atom. The van der Waals surface area contributed by atoms with Crippen LogP contribution in [0, 0.1) is 0 Å². The molecule has 0 bridgehead atoms. The minimum absolute atomic E-state index is 0.156. The van der Waals surface area contributed by atoms with Crippen LogP contribution in [-0.2, 0) is 14.3 Å². The number of hydrogen-bond acceptors (Lipinski definition) is 3. The Morgan fingerprint density at radius 1 is 1.14 bits per heavy atom. The van der Waals surface area contributed by atoms with E-state index in [1.54, 1.807) is 0 Å². The molecular formula is C9H13NO4. The lowest BCUT2D eigenvalue weighted by atomic mass is 10.2. The Bertz CT molecular complexity index is 262. The first-order chi connectivity index (χ1) is 6.66. The third-order valence-electron chi connectivity index (χ3n) is 2.51. The highest BCUT2D eigenvalue weighted by Gasteiger charge is 2.36. The van der Waals surface area contributed by atoms with E-state index < -0.39 is 18.2 Å². The molecule has 0 aromatic carbocycles. The smallest absolute Gasteiger partial charge is 0.332 e. The molecule has 2 rings (SSSR count). The second-order valence-electron chi connectivity index (χ2n) is 3.81. The van der Waals surface area contributed by atoms with E-state index in [-0.39, 0.29) is 5.91 Å². The molecule has 1 amide bonds. The highest BCUT2D eigenvalue weighted by Crippen LogP contribution is 2.23. The van der Waals surface area contributed by atoms with Gasteiger partial charge in [-0.15, -0.1) is 0 Å². The number of aliphatic carboxylic acids is 1. The van der Waals surface area contributed by atoms with Crippen molar-refractivity contribution in [3.63, 3.8) is 0 Å². The summed E-state index contributed by atoms with van der Waals surface area (Å²) >= 11 is 0. The maximum atomic E-state index is 11.4. The number of nitrogens with one attached hydrogen (secondary N) is 1. The van der Waals surface area contributed by atoms with Crippen molar-refractivity contribution in [3.8, 4) is 0 Å². The van der Waals surface area contributed by atoms with Crippen LogP contribution < -0.4 is 5.32 Å². The van der Waals surface area contributed by atoms with Crippen LogP contribution in [0.3, 0.4) is 0 Å². The molecule has 0 aromatic rings. The van der Waals surface area contributed by atoms with E-state index in [0.29, 0.717) is 18.9 Å². The van der Waals surface area contributed by atoms with E-state index >= 15 is 0 Å². The molecule has 78 valence electrons. The second kappa shape index (κ2) is 3.57. The standard InChI is InChI=1S/C9H13NO4/c11-8(10-5-1-2-5)6-3-4-7(14-6)9(12)13/h5-7H,1-4H2,(H,10,11)(H,12,13). The molecule has 1 saturated heterocycles. The first-order valence-electron chi connectivity index (χ1n) is 4.85. The Labute approximate surface area is 81.4 Å². The number of rotatable bonds is 3. The van der Waals surface area contributed by atoms with Gasteiger partial charge < -0.3 is 15.2 Å². The topological polar surface area (TPSA) is 75.6 Å². The SMILES string of the molecule is O=C(O)C1CCC(C(=O)NC2CC2)O1. The summed E-state index contributed by atoms with van der Waals surface area (Å²) in [6, 6.07) is 0.301. The fourth-order valence-corrected chi connectivity index (χ4v) is 1.53. The van der Waals surface area contributed by atoms with Crippen molar-refractivity contribution in [1.82, 2.24) is 5.32 Å². The minimum Gasteiger partial charge on any atom is -0.479 e. The van der Waals surface area contributed by atoms with Crippen LogP contribution in [0.25, 0.3) is 0 Å². The molecule has 2 aliphatic rings. The maximum absolute atomic E-state index is 11.4. The van der Waals surface area contributed by atoms with E-state index in [2.05, 4.69) is 5.32 Å². The summed E-state index contributed by atoms with van der Waals surface area (Å²) in [5.41, 5.74) is 0. The van der Waals surface area contributed by atoms with E-state index in [9.17, 15) is 9.59 Å². The van der Waals surface area contributed by atoms with Gasteiger partial charge >= 0.3 is 5.97 Å². The van der Waals surface area contributed by atoms with Gasteiger partial charge in [-0.1, -0.05) is 0 Å². The van der Waals surface area contributed by atoms with Gasteiger partial charge in [-0.3, -0.25) is 4.79 Å². The van der Waals surface area contributed by atoms with E-state index in [4.69, 9.17) is 9.84 Å². The Kier molecular flexibility index (Phi) is 2.41. The molecule has 0 aromatic heterocycles. The Hall–Kier alpha value is -1.10. The van der Waals surface area contributed by atoms with Gasteiger partial charge in [0.1, 0.15) is 6.10 Å². The third kappa shape index (κ3) is 2.04. The fourth-order valence-electron chi connectivity index (χ4n) is 1.53. The van der Waals surface area contributed by atoms with Gasteiger partial charge in [0.15, 0.2) is 6.10 Å². The molecule has 0 spiro atoms. The summed E-state index contributed by atoms with van der Waals surface area (Å²) in [6.45, 7) is 0. The number of carboxylic acids is 1. The van der Waals surface area contributed by atoms with Crippen LogP contribution >= 0.6 is 0 Å². The van der Waals surface area contributed by atoms with Crippen LogP contribution in [0.4, 0.5) is 0 Å². The van der Waals surface area contributed by atoms with E-state index in [1.807, 2.05) is 0 Å². The van der Waals surface area contributed by atoms with E-state index in [0.717, 1.165) is 12.8 Å². The first-order valence-corrected chi connectivity index (χ1v) is 4.85. The van der Waals surface area contributed by atoms with Crippen molar-refractivity contribution in [2.24, 2.45) is 0 Å². The molecule has 1 saturated carbocycles. The van der Waals surface area contributed by atoms with Gasteiger partial charge in [0.05, 0.1) is 0 Å². The zero-order chi connectivity index (χ0) is 10.1. The first kappa shape index (κ1) is 9.45. The number of carbonyl (C=O) groups excluding carboxylic acids is 1. The average molecular weight is 199 g/mol. The molecule has 14 heavy (non-hydrogen) atoms. The van der Waals surface area contributed by atoms with Crippen molar-refractivity contribution >= 4 is 11.9 Å². The number of carboxylic acid groups (broad SMARTS) is 1. The summed E-state index contributed by atoms with van der Waals surface area (Å²) in [4.78, 5) is 22.0. The molecule has 5 nitrogen and oxygen atoms in total. The van der Waals surface area contributed by atoms with Crippen LogP contribution in [0.1, 0.15) is 25.7 Å². The summed E-state index contributed by atoms with van der Waals surface area (Å²) in [5, 5.41) is 11.4. The quantitative estimate of drug-likeness (QED) is 0.665. The lowest BCUT2D eigenvalue weighted by molar-refractivity contribution is -0.151. The number of amides is 1. The minimum atomic E-state index is -0.980. The summed E-state index contributed by atoms with van der Waals surface area (Å²) in [6.07, 6.45) is 1.64. The molecule has 5 heteroatoms. The molecule has 1 aliphatic heterocycles. The lowest BCUT2D eigenvalue weighted by Gasteiger charge is -2.10. The van der Waals surface area contributed by atoms with Crippen molar-refractivity contribution < 1.29 is 19.4 Å². The van der Waals surface area contributed by atoms with Crippen LogP contribution in [-0.4, -0.2) is 35.2 Å². The van der Waals surface area contributed by atoms with E-state index in [1.165, 1.54) is 0 Å². The number of ether oxygens (including phenoxy) is 1. The highest BCUT2D eigenvalue weighted by atomic mass is 16.5. The number of carbonyl (C=O) groups is 2. The molecule has 2 N–H and O–H groups in total. The van der Waals surface area contributed by atoms with Crippen molar-refractivity contribution in [1.29, 1.82) is 0 Å². The van der Waals surface area contributed by atoms with Crippen LogP contribution in [0.2, 0.25) is 0 Å². The summed E-state index contributed by atoms with van der Waals surface area (Å²) in [5.74, 6) is -1.14. The highest BCUT2D eigenvalue weighted by molar-refractivity contribution is 5.83. The van der Waals surface area contributed by atoms with Gasteiger partial charge in [0.2, 0.25) is 5.91 Å². The summed E-state index contributed by atoms with van der Waals surface area (Å²) in [7, 11) is 0. The van der Waals surface area contributed by atoms with Crippen molar-refractivity contribution in [2.75, 3.05) is 0 Å². The fraction of sp³-hybridized carbons (Fsp3) is 0.778. The third-order valence-corrected chi connectivity index (χ3v) is 2.51. The average Bonchev–Trinajstić information content (AvgIpc) is 2.81. The van der Waals surface area contributed by atoms with Gasteiger partial charge in [-0.05, 0) is 25.7 Å². The zero-order valence-corrected chi connectivity index (χ0v) is 7.73. The maximum Gasteiger partial charge on any atom is 0.332 e. The van der Waals surface area contributed by atoms with Gasteiger partial charge in [0, 0.05) is 6.04 Å². The number of hydrogen-bond donors (Lipinski definition) is 2. The molecular weight excluding hydrogens is 186 g/mol. The molecule has 2 atom stereocenters. The van der Waals surface area contributed by atoms with Crippen LogP contribution in [0.15, 0.2) is 0 Å². The normalized spacial score (nSPS) is 31.4. The molecule has 1 aliphatic carbocycles. The molecule has 2 fully saturated rings. The molecule has 0 radical (unpaired) electrons. The second-order valence-corrected chi connectivity index (χ2v) is 3.81.